The van der Waals surface area contributed by atoms with Crippen LogP contribution in [0.2, 0.25) is 0 Å². The van der Waals surface area contributed by atoms with Crippen LogP contribution in [0, 0.1) is 0 Å². The van der Waals surface area contributed by atoms with Gasteiger partial charge in [-0.3, -0.25) is 4.79 Å². The minimum absolute atomic E-state index is 0. The summed E-state index contributed by atoms with van der Waals surface area (Å²) in [6, 6.07) is 26.0. The van der Waals surface area contributed by atoms with Gasteiger partial charge in [-0.05, 0) is 47.4 Å². The Labute approximate surface area is 159 Å². The zero-order valence-corrected chi connectivity index (χ0v) is 15.1. The molecule has 1 amide bonds. The number of hydrogen-bond donors (Lipinski definition) is 2. The van der Waals surface area contributed by atoms with Crippen molar-refractivity contribution in [3.63, 3.8) is 0 Å². The van der Waals surface area contributed by atoms with Crippen LogP contribution in [0.4, 0.5) is 5.69 Å². The molecule has 0 aromatic heterocycles. The highest BCUT2D eigenvalue weighted by Gasteiger charge is 2.34. The van der Waals surface area contributed by atoms with Gasteiger partial charge < -0.3 is 11.1 Å². The Balaban J connectivity index is 0.00000196. The quantitative estimate of drug-likeness (QED) is 0.695. The highest BCUT2D eigenvalue weighted by molar-refractivity contribution is 6.05. The van der Waals surface area contributed by atoms with Gasteiger partial charge in [0.25, 0.3) is 5.91 Å². The topological polar surface area (TPSA) is 55.1 Å². The fourth-order valence-corrected chi connectivity index (χ4v) is 3.09. The first-order valence-electron chi connectivity index (χ1n) is 8.53. The molecule has 0 radical (unpaired) electrons. The van der Waals surface area contributed by atoms with Gasteiger partial charge in [0.15, 0.2) is 0 Å². The Hall–Kier alpha value is -2.62. The summed E-state index contributed by atoms with van der Waals surface area (Å²) in [4.78, 5) is 12.5. The van der Waals surface area contributed by atoms with Crippen molar-refractivity contribution in [2.75, 3.05) is 5.32 Å². The van der Waals surface area contributed by atoms with Gasteiger partial charge in [0.2, 0.25) is 0 Å². The van der Waals surface area contributed by atoms with E-state index in [1.807, 2.05) is 78.9 Å². The van der Waals surface area contributed by atoms with Crippen LogP contribution in [0.1, 0.15) is 28.3 Å². The number of benzene rings is 3. The van der Waals surface area contributed by atoms with Gasteiger partial charge >= 0.3 is 0 Å². The van der Waals surface area contributed by atoms with Crippen LogP contribution in [-0.2, 0) is 0 Å². The minimum Gasteiger partial charge on any atom is -0.327 e. The van der Waals surface area contributed by atoms with Crippen LogP contribution in [0.15, 0.2) is 78.9 Å². The Kier molecular flexibility index (Phi) is 5.40. The van der Waals surface area contributed by atoms with Crippen molar-refractivity contribution < 1.29 is 4.79 Å². The largest absolute Gasteiger partial charge is 0.327 e. The molecule has 132 valence electrons. The van der Waals surface area contributed by atoms with Crippen molar-refractivity contribution >= 4 is 24.0 Å². The number of halogens is 1. The lowest BCUT2D eigenvalue weighted by molar-refractivity contribution is 0.102. The first-order valence-corrected chi connectivity index (χ1v) is 8.53. The molecule has 0 saturated heterocycles. The molecule has 0 unspecified atom stereocenters. The summed E-state index contributed by atoms with van der Waals surface area (Å²) in [5, 5.41) is 2.96. The highest BCUT2D eigenvalue weighted by Crippen LogP contribution is 2.39. The predicted octanol–water partition coefficient (Wildman–Crippen LogP) is 4.84. The second-order valence-corrected chi connectivity index (χ2v) is 6.53. The van der Waals surface area contributed by atoms with Crippen LogP contribution in [-0.4, -0.2) is 11.9 Å². The van der Waals surface area contributed by atoms with Gasteiger partial charge in [0.1, 0.15) is 0 Å². The number of anilines is 1. The van der Waals surface area contributed by atoms with Crippen LogP contribution in [0.3, 0.4) is 0 Å². The molecular formula is C22H21ClN2O. The Bertz CT molecular complexity index is 894. The molecule has 1 saturated carbocycles. The predicted molar refractivity (Wildman–Crippen MR) is 109 cm³/mol. The van der Waals surface area contributed by atoms with E-state index in [1.54, 1.807) is 0 Å². The maximum Gasteiger partial charge on any atom is 0.255 e. The number of amides is 1. The van der Waals surface area contributed by atoms with Gasteiger partial charge in [0.05, 0.1) is 0 Å². The van der Waals surface area contributed by atoms with Gasteiger partial charge in [-0.2, -0.15) is 0 Å². The lowest BCUT2D eigenvalue weighted by atomic mass is 10.0. The molecule has 3 nitrogen and oxygen atoms in total. The maximum atomic E-state index is 12.5. The Morgan fingerprint density at radius 3 is 2.19 bits per heavy atom. The molecule has 0 bridgehead atoms. The van der Waals surface area contributed by atoms with Gasteiger partial charge in [0, 0.05) is 23.2 Å². The normalized spacial score (nSPS) is 17.9. The smallest absolute Gasteiger partial charge is 0.255 e. The van der Waals surface area contributed by atoms with E-state index in [1.165, 1.54) is 5.56 Å². The van der Waals surface area contributed by atoms with Crippen LogP contribution >= 0.6 is 12.4 Å². The molecule has 3 aromatic carbocycles. The van der Waals surface area contributed by atoms with Gasteiger partial charge in [-0.1, -0.05) is 54.6 Å². The first-order chi connectivity index (χ1) is 12.2. The molecule has 1 aliphatic rings. The van der Waals surface area contributed by atoms with Crippen molar-refractivity contribution in [1.82, 2.24) is 0 Å². The third-order valence-corrected chi connectivity index (χ3v) is 4.67. The van der Waals surface area contributed by atoms with Crippen molar-refractivity contribution in [3.05, 3.63) is 90.0 Å². The van der Waals surface area contributed by atoms with E-state index in [0.29, 0.717) is 17.5 Å². The third-order valence-electron chi connectivity index (χ3n) is 4.67. The molecule has 4 rings (SSSR count). The van der Waals surface area contributed by atoms with Gasteiger partial charge in [-0.15, -0.1) is 12.4 Å². The van der Waals surface area contributed by atoms with E-state index in [4.69, 9.17) is 5.73 Å². The standard InChI is InChI=1S/C22H20N2O.ClH/c23-21-14-20(21)16-9-11-19(12-10-16)24-22(25)18-8-4-7-17(13-18)15-5-2-1-3-6-15;/h1-13,20-21H,14,23H2,(H,24,25);1H/t20-,21+;/m0./s1. The molecule has 26 heavy (non-hydrogen) atoms. The summed E-state index contributed by atoms with van der Waals surface area (Å²) in [6.45, 7) is 0. The highest BCUT2D eigenvalue weighted by atomic mass is 35.5. The summed E-state index contributed by atoms with van der Waals surface area (Å²) in [7, 11) is 0. The number of hydrogen-bond acceptors (Lipinski definition) is 2. The fraction of sp³-hybridized carbons (Fsp3) is 0.136. The molecule has 1 aliphatic carbocycles. The first kappa shape index (κ1) is 18.2. The molecular weight excluding hydrogens is 344 g/mol. The van der Waals surface area contributed by atoms with E-state index in [-0.39, 0.29) is 18.3 Å². The van der Waals surface area contributed by atoms with Crippen molar-refractivity contribution in [2.45, 2.75) is 18.4 Å². The molecule has 1 fully saturated rings. The summed E-state index contributed by atoms with van der Waals surface area (Å²) in [6.07, 6.45) is 1.05. The molecule has 0 spiro atoms. The lowest BCUT2D eigenvalue weighted by Gasteiger charge is -2.08. The number of carbonyl (C=O) groups excluding carboxylic acids is 1. The Morgan fingerprint density at radius 1 is 0.885 bits per heavy atom. The molecule has 4 heteroatoms. The zero-order chi connectivity index (χ0) is 17.2. The summed E-state index contributed by atoms with van der Waals surface area (Å²) in [5.74, 6) is 0.376. The second-order valence-electron chi connectivity index (χ2n) is 6.53. The zero-order valence-electron chi connectivity index (χ0n) is 14.3. The van der Waals surface area contributed by atoms with E-state index in [0.717, 1.165) is 23.2 Å². The average molecular weight is 365 g/mol. The van der Waals surface area contributed by atoms with Crippen LogP contribution in [0.25, 0.3) is 11.1 Å². The monoisotopic (exact) mass is 364 g/mol. The van der Waals surface area contributed by atoms with Crippen molar-refractivity contribution in [1.29, 1.82) is 0 Å². The average Bonchev–Trinajstić information content (AvgIpc) is 3.40. The van der Waals surface area contributed by atoms with Crippen molar-refractivity contribution in [3.8, 4) is 11.1 Å². The summed E-state index contributed by atoms with van der Waals surface area (Å²) < 4.78 is 0. The maximum absolute atomic E-state index is 12.5. The second kappa shape index (κ2) is 7.73. The number of carbonyl (C=O) groups is 1. The van der Waals surface area contributed by atoms with E-state index in [9.17, 15) is 4.79 Å². The van der Waals surface area contributed by atoms with E-state index in [2.05, 4.69) is 5.32 Å². The van der Waals surface area contributed by atoms with E-state index < -0.39 is 0 Å². The van der Waals surface area contributed by atoms with E-state index >= 15 is 0 Å². The fourth-order valence-electron chi connectivity index (χ4n) is 3.09. The van der Waals surface area contributed by atoms with Crippen LogP contribution < -0.4 is 11.1 Å². The number of nitrogens with two attached hydrogens (primary N) is 1. The van der Waals surface area contributed by atoms with Gasteiger partial charge in [-0.25, -0.2) is 0 Å². The minimum atomic E-state index is -0.103. The molecule has 0 heterocycles. The lowest BCUT2D eigenvalue weighted by Crippen LogP contribution is -2.11. The summed E-state index contributed by atoms with van der Waals surface area (Å²) >= 11 is 0. The van der Waals surface area contributed by atoms with Crippen molar-refractivity contribution in [2.24, 2.45) is 5.73 Å². The molecule has 2 atom stereocenters. The molecule has 0 aliphatic heterocycles. The van der Waals surface area contributed by atoms with Crippen LogP contribution in [0.5, 0.6) is 0 Å². The third kappa shape index (κ3) is 3.96. The number of nitrogens with one attached hydrogen (secondary N) is 1. The SMILES string of the molecule is Cl.N[C@@H]1C[C@H]1c1ccc(NC(=O)c2cccc(-c3ccccc3)c2)cc1. The Morgan fingerprint density at radius 2 is 1.54 bits per heavy atom. The number of rotatable bonds is 4. The molecule has 3 aromatic rings. The molecule has 3 N–H and O–H groups in total. The summed E-state index contributed by atoms with van der Waals surface area (Å²) in [5.41, 5.74) is 10.7.